The maximum Gasteiger partial charge on any atom is 0.341 e. The molecule has 1 heterocycles. The van der Waals surface area contributed by atoms with E-state index in [4.69, 9.17) is 14.6 Å². The second kappa shape index (κ2) is 8.85. The number of hydrogen-bond donors (Lipinski definition) is 1. The van der Waals surface area contributed by atoms with Gasteiger partial charge in [0.1, 0.15) is 0 Å². The third-order valence-corrected chi connectivity index (χ3v) is 5.30. The van der Waals surface area contributed by atoms with Crippen molar-refractivity contribution in [3.63, 3.8) is 0 Å². The number of benzene rings is 1. The van der Waals surface area contributed by atoms with Crippen LogP contribution < -0.4 is 9.47 Å². The summed E-state index contributed by atoms with van der Waals surface area (Å²) in [6.07, 6.45) is 0. The number of aromatic nitrogens is 1. The first-order valence-electron chi connectivity index (χ1n) is 8.57. The van der Waals surface area contributed by atoms with Crippen molar-refractivity contribution in [3.05, 3.63) is 39.3 Å². The Kier molecular flexibility index (Phi) is 6.79. The van der Waals surface area contributed by atoms with Crippen LogP contribution in [0.4, 0.5) is 0 Å². The minimum absolute atomic E-state index is 0.123. The van der Waals surface area contributed by atoms with Crippen LogP contribution in [-0.2, 0) is 4.79 Å². The Balaban J connectivity index is 2.25. The summed E-state index contributed by atoms with van der Waals surface area (Å²) >= 11 is 1.58. The predicted octanol–water partition coefficient (Wildman–Crippen LogP) is 3.46. The Bertz CT molecular complexity index is 834. The second-order valence-corrected chi connectivity index (χ2v) is 7.29. The van der Waals surface area contributed by atoms with Crippen molar-refractivity contribution in [2.45, 2.75) is 33.7 Å². The van der Waals surface area contributed by atoms with Gasteiger partial charge in [-0.1, -0.05) is 0 Å². The molecule has 0 aliphatic rings. The van der Waals surface area contributed by atoms with Crippen molar-refractivity contribution >= 4 is 23.2 Å². The standard InChI is InChI=1S/C19H24N2O5S/c1-6-25-16-9-14(7-8-15(16)26-10-17(22)23)19(24)21(5)12(3)18-11(2)20-13(4)27-18/h7-9,12H,6,10H2,1-5H3,(H,22,23). The Labute approximate surface area is 162 Å². The summed E-state index contributed by atoms with van der Waals surface area (Å²) in [5.74, 6) is -0.615. The molecule has 1 aromatic heterocycles. The molecule has 0 bridgehead atoms. The zero-order valence-corrected chi connectivity index (χ0v) is 16.9. The third-order valence-electron chi connectivity index (χ3n) is 4.06. The van der Waals surface area contributed by atoms with Crippen LogP contribution in [0.15, 0.2) is 18.2 Å². The highest BCUT2D eigenvalue weighted by Crippen LogP contribution is 2.32. The molecule has 2 rings (SSSR count). The van der Waals surface area contributed by atoms with Crippen LogP contribution >= 0.6 is 11.3 Å². The highest BCUT2D eigenvalue weighted by molar-refractivity contribution is 7.11. The van der Waals surface area contributed by atoms with Crippen molar-refractivity contribution in [1.29, 1.82) is 0 Å². The highest BCUT2D eigenvalue weighted by Gasteiger charge is 2.23. The quantitative estimate of drug-likeness (QED) is 0.740. The predicted molar refractivity (Wildman–Crippen MR) is 103 cm³/mol. The van der Waals surface area contributed by atoms with E-state index in [9.17, 15) is 9.59 Å². The lowest BCUT2D eigenvalue weighted by molar-refractivity contribution is -0.139. The van der Waals surface area contributed by atoms with Crippen LogP contribution in [-0.4, -0.2) is 47.1 Å². The SMILES string of the molecule is CCOc1cc(C(=O)N(C)C(C)c2sc(C)nc2C)ccc1OCC(=O)O. The summed E-state index contributed by atoms with van der Waals surface area (Å²) in [4.78, 5) is 30.8. The molecule has 146 valence electrons. The average Bonchev–Trinajstić information content (AvgIpc) is 2.97. The van der Waals surface area contributed by atoms with Gasteiger partial charge in [-0.3, -0.25) is 4.79 Å². The fraction of sp³-hybridized carbons (Fsp3) is 0.421. The summed E-state index contributed by atoms with van der Waals surface area (Å²) in [5, 5.41) is 9.74. The zero-order chi connectivity index (χ0) is 20.1. The first kappa shape index (κ1) is 20.7. The number of carboxylic acids is 1. The van der Waals surface area contributed by atoms with Gasteiger partial charge in [0.2, 0.25) is 0 Å². The van der Waals surface area contributed by atoms with Crippen molar-refractivity contribution in [2.75, 3.05) is 20.3 Å². The van der Waals surface area contributed by atoms with E-state index in [0.29, 0.717) is 23.7 Å². The third kappa shape index (κ3) is 4.97. The van der Waals surface area contributed by atoms with E-state index in [1.807, 2.05) is 20.8 Å². The van der Waals surface area contributed by atoms with Gasteiger partial charge in [-0.25, -0.2) is 9.78 Å². The maximum absolute atomic E-state index is 12.9. The van der Waals surface area contributed by atoms with E-state index in [-0.39, 0.29) is 11.9 Å². The molecule has 0 aliphatic carbocycles. The number of nitrogens with zero attached hydrogens (tertiary/aromatic N) is 2. The second-order valence-electron chi connectivity index (χ2n) is 6.05. The van der Waals surface area contributed by atoms with Crippen LogP contribution in [0.25, 0.3) is 0 Å². The smallest absolute Gasteiger partial charge is 0.341 e. The molecule has 0 spiro atoms. The molecular weight excluding hydrogens is 368 g/mol. The Morgan fingerprint density at radius 3 is 2.52 bits per heavy atom. The number of amides is 1. The summed E-state index contributed by atoms with van der Waals surface area (Å²) < 4.78 is 10.7. The first-order chi connectivity index (χ1) is 12.7. The minimum atomic E-state index is -1.08. The molecule has 1 unspecified atom stereocenters. The molecule has 8 heteroatoms. The Morgan fingerprint density at radius 2 is 1.96 bits per heavy atom. The fourth-order valence-electron chi connectivity index (χ4n) is 2.66. The van der Waals surface area contributed by atoms with E-state index in [1.54, 1.807) is 48.4 Å². The van der Waals surface area contributed by atoms with E-state index in [1.165, 1.54) is 0 Å². The van der Waals surface area contributed by atoms with Gasteiger partial charge in [0.25, 0.3) is 5.91 Å². The van der Waals surface area contributed by atoms with Gasteiger partial charge in [-0.15, -0.1) is 11.3 Å². The summed E-state index contributed by atoms with van der Waals surface area (Å²) in [6, 6.07) is 4.62. The molecule has 1 atom stereocenters. The number of carbonyl (C=O) groups is 2. The Hall–Kier alpha value is -2.61. The molecule has 1 N–H and O–H groups in total. The largest absolute Gasteiger partial charge is 0.490 e. The monoisotopic (exact) mass is 392 g/mol. The first-order valence-corrected chi connectivity index (χ1v) is 9.38. The highest BCUT2D eigenvalue weighted by atomic mass is 32.1. The summed E-state index contributed by atoms with van der Waals surface area (Å²) in [6.45, 7) is 7.54. The van der Waals surface area contributed by atoms with Gasteiger partial charge < -0.3 is 19.5 Å². The molecule has 0 saturated heterocycles. The molecule has 0 aliphatic heterocycles. The van der Waals surface area contributed by atoms with E-state index >= 15 is 0 Å². The molecule has 27 heavy (non-hydrogen) atoms. The van der Waals surface area contributed by atoms with Crippen LogP contribution in [0.5, 0.6) is 11.5 Å². The molecule has 0 saturated carbocycles. The molecule has 7 nitrogen and oxygen atoms in total. The fourth-order valence-corrected chi connectivity index (χ4v) is 3.68. The van der Waals surface area contributed by atoms with Gasteiger partial charge in [0.15, 0.2) is 18.1 Å². The summed E-state index contributed by atoms with van der Waals surface area (Å²) in [7, 11) is 1.75. The van der Waals surface area contributed by atoms with Crippen LogP contribution in [0.1, 0.15) is 45.8 Å². The minimum Gasteiger partial charge on any atom is -0.490 e. The lowest BCUT2D eigenvalue weighted by atomic mass is 10.1. The van der Waals surface area contributed by atoms with Gasteiger partial charge in [-0.2, -0.15) is 0 Å². The molecule has 1 amide bonds. The molecule has 1 aromatic carbocycles. The number of rotatable bonds is 8. The van der Waals surface area contributed by atoms with Gasteiger partial charge >= 0.3 is 5.97 Å². The van der Waals surface area contributed by atoms with Crippen LogP contribution in [0.2, 0.25) is 0 Å². The molecule has 2 aromatic rings. The lowest BCUT2D eigenvalue weighted by Gasteiger charge is -2.25. The van der Waals surface area contributed by atoms with Gasteiger partial charge in [0, 0.05) is 17.5 Å². The lowest BCUT2D eigenvalue weighted by Crippen LogP contribution is -2.29. The molecular formula is C19H24N2O5S. The topological polar surface area (TPSA) is 89.0 Å². The van der Waals surface area contributed by atoms with Crippen molar-refractivity contribution in [3.8, 4) is 11.5 Å². The maximum atomic E-state index is 12.9. The number of hydrogen-bond acceptors (Lipinski definition) is 6. The Morgan fingerprint density at radius 1 is 1.26 bits per heavy atom. The average molecular weight is 392 g/mol. The molecule has 0 fully saturated rings. The zero-order valence-electron chi connectivity index (χ0n) is 16.1. The van der Waals surface area contributed by atoms with Crippen LogP contribution in [0, 0.1) is 13.8 Å². The van der Waals surface area contributed by atoms with E-state index in [2.05, 4.69) is 4.98 Å². The number of aliphatic carboxylic acids is 1. The van der Waals surface area contributed by atoms with E-state index in [0.717, 1.165) is 15.6 Å². The van der Waals surface area contributed by atoms with Gasteiger partial charge in [0.05, 0.1) is 23.4 Å². The summed E-state index contributed by atoms with van der Waals surface area (Å²) in [5.41, 5.74) is 1.37. The van der Waals surface area contributed by atoms with Crippen LogP contribution in [0.3, 0.4) is 0 Å². The van der Waals surface area contributed by atoms with Crippen molar-refractivity contribution in [1.82, 2.24) is 9.88 Å². The molecule has 0 radical (unpaired) electrons. The number of ether oxygens (including phenoxy) is 2. The number of aryl methyl sites for hydroxylation is 2. The van der Waals surface area contributed by atoms with E-state index < -0.39 is 12.6 Å². The number of carboxylic acid groups (broad SMARTS) is 1. The van der Waals surface area contributed by atoms with Crippen molar-refractivity contribution in [2.24, 2.45) is 0 Å². The number of thiazole rings is 1. The normalized spacial score (nSPS) is 11.7. The van der Waals surface area contributed by atoms with Crippen molar-refractivity contribution < 1.29 is 24.2 Å². The van der Waals surface area contributed by atoms with Gasteiger partial charge in [-0.05, 0) is 45.9 Å². The number of carbonyl (C=O) groups excluding carboxylic acids is 1.